The zero-order valence-corrected chi connectivity index (χ0v) is 13.9. The smallest absolute Gasteiger partial charge is 0.266 e. The fraction of sp³-hybridized carbons (Fsp3) is 0.0625. The van der Waals surface area contributed by atoms with Gasteiger partial charge in [-0.1, -0.05) is 36.4 Å². The first kappa shape index (κ1) is 15.7. The number of benzene rings is 2. The van der Waals surface area contributed by atoms with Gasteiger partial charge < -0.3 is 5.32 Å². The van der Waals surface area contributed by atoms with Crippen molar-refractivity contribution in [3.8, 4) is 0 Å². The molecule has 0 saturated carbocycles. The van der Waals surface area contributed by atoms with Crippen LogP contribution in [0.3, 0.4) is 0 Å². The zero-order valence-electron chi connectivity index (χ0n) is 12.2. The Hall–Kier alpha value is -2.22. The molecule has 3 aromatic rings. The molecular weight excluding hydrogens is 332 g/mol. The van der Waals surface area contributed by atoms with E-state index in [1.54, 1.807) is 6.92 Å². The summed E-state index contributed by atoms with van der Waals surface area (Å²) in [5.41, 5.74) is 1.26. The van der Waals surface area contributed by atoms with Crippen LogP contribution in [-0.2, 0) is 10.0 Å². The summed E-state index contributed by atoms with van der Waals surface area (Å²) >= 11 is 0.874. The van der Waals surface area contributed by atoms with E-state index in [0.717, 1.165) is 22.1 Å². The molecule has 0 fully saturated rings. The van der Waals surface area contributed by atoms with Gasteiger partial charge in [0.25, 0.3) is 5.91 Å². The van der Waals surface area contributed by atoms with Gasteiger partial charge in [0.1, 0.15) is 4.21 Å². The average molecular weight is 346 g/mol. The average Bonchev–Trinajstić information content (AvgIpc) is 2.90. The molecule has 118 valence electrons. The second-order valence-corrected chi connectivity index (χ2v) is 7.94. The number of carbonyl (C=O) groups is 1. The number of fused-ring (bicyclic) bond motifs is 1. The van der Waals surface area contributed by atoms with Crippen molar-refractivity contribution in [2.75, 3.05) is 5.32 Å². The van der Waals surface area contributed by atoms with Gasteiger partial charge in [-0.2, -0.15) is 0 Å². The van der Waals surface area contributed by atoms with Crippen LogP contribution in [0.2, 0.25) is 0 Å². The van der Waals surface area contributed by atoms with Crippen LogP contribution in [0.25, 0.3) is 10.8 Å². The number of amides is 1. The molecule has 7 heteroatoms. The van der Waals surface area contributed by atoms with Gasteiger partial charge in [0, 0.05) is 11.1 Å². The van der Waals surface area contributed by atoms with Gasteiger partial charge in [0.2, 0.25) is 10.0 Å². The summed E-state index contributed by atoms with van der Waals surface area (Å²) < 4.78 is 22.8. The Morgan fingerprint density at radius 3 is 2.52 bits per heavy atom. The largest absolute Gasteiger partial charge is 0.321 e. The van der Waals surface area contributed by atoms with Crippen LogP contribution in [-0.4, -0.2) is 14.3 Å². The van der Waals surface area contributed by atoms with Crippen molar-refractivity contribution < 1.29 is 13.2 Å². The van der Waals surface area contributed by atoms with Crippen LogP contribution in [0.4, 0.5) is 5.69 Å². The molecule has 3 N–H and O–H groups in total. The van der Waals surface area contributed by atoms with Crippen molar-refractivity contribution >= 4 is 43.7 Å². The van der Waals surface area contributed by atoms with Crippen LogP contribution in [0.15, 0.2) is 52.7 Å². The lowest BCUT2D eigenvalue weighted by molar-refractivity contribution is 0.103. The van der Waals surface area contributed by atoms with E-state index in [1.165, 1.54) is 6.07 Å². The molecule has 0 atom stereocenters. The number of thiophene rings is 1. The molecular formula is C16H14N2O3S2. The number of hydrogen-bond donors (Lipinski definition) is 2. The minimum atomic E-state index is -3.81. The number of aryl methyl sites for hydroxylation is 1. The first-order chi connectivity index (χ1) is 10.9. The van der Waals surface area contributed by atoms with Crippen LogP contribution < -0.4 is 10.5 Å². The van der Waals surface area contributed by atoms with E-state index in [4.69, 9.17) is 5.14 Å². The van der Waals surface area contributed by atoms with E-state index in [9.17, 15) is 13.2 Å². The third-order valence-electron chi connectivity index (χ3n) is 3.42. The molecule has 2 aromatic carbocycles. The van der Waals surface area contributed by atoms with Crippen molar-refractivity contribution in [3.63, 3.8) is 0 Å². The molecule has 0 bridgehead atoms. The molecule has 0 aliphatic carbocycles. The highest BCUT2D eigenvalue weighted by Crippen LogP contribution is 2.28. The van der Waals surface area contributed by atoms with E-state index in [-0.39, 0.29) is 10.1 Å². The fourth-order valence-electron chi connectivity index (χ4n) is 2.33. The van der Waals surface area contributed by atoms with Crippen molar-refractivity contribution in [3.05, 3.63) is 59.0 Å². The summed E-state index contributed by atoms with van der Waals surface area (Å²) in [5.74, 6) is -0.348. The standard InChI is InChI=1S/C16H14N2O3S2/c1-10-9-14(23(17,20)21)22-15(10)16(19)18-13-8-4-6-11-5-2-3-7-12(11)13/h2-9H,1H3,(H,18,19)(H2,17,20,21). The molecule has 0 aliphatic rings. The predicted octanol–water partition coefficient (Wildman–Crippen LogP) is 3.11. The monoisotopic (exact) mass is 346 g/mol. The van der Waals surface area contributed by atoms with Crippen molar-refractivity contribution in [2.24, 2.45) is 5.14 Å². The minimum Gasteiger partial charge on any atom is -0.321 e. The first-order valence-electron chi connectivity index (χ1n) is 6.78. The highest BCUT2D eigenvalue weighted by atomic mass is 32.2. The second kappa shape index (κ2) is 5.77. The highest BCUT2D eigenvalue weighted by molar-refractivity contribution is 7.91. The molecule has 5 nitrogen and oxygen atoms in total. The number of nitrogens with one attached hydrogen (secondary N) is 1. The number of rotatable bonds is 3. The Balaban J connectivity index is 1.97. The molecule has 1 aromatic heterocycles. The molecule has 0 saturated heterocycles. The van der Waals surface area contributed by atoms with Gasteiger partial charge in [-0.3, -0.25) is 4.79 Å². The summed E-state index contributed by atoms with van der Waals surface area (Å²) in [6.07, 6.45) is 0. The third-order valence-corrected chi connectivity index (χ3v) is 6.08. The van der Waals surface area contributed by atoms with Gasteiger partial charge in [-0.25, -0.2) is 13.6 Å². The number of hydrogen-bond acceptors (Lipinski definition) is 4. The number of primary sulfonamides is 1. The highest BCUT2D eigenvalue weighted by Gasteiger charge is 2.19. The minimum absolute atomic E-state index is 0.0157. The maximum absolute atomic E-state index is 12.5. The third kappa shape index (κ3) is 3.12. The van der Waals surface area contributed by atoms with E-state index >= 15 is 0 Å². The van der Waals surface area contributed by atoms with Crippen LogP contribution in [0.1, 0.15) is 15.2 Å². The Bertz CT molecular complexity index is 1000. The summed E-state index contributed by atoms with van der Waals surface area (Å²) in [5, 5.41) is 9.89. The van der Waals surface area contributed by atoms with Gasteiger partial charge >= 0.3 is 0 Å². The van der Waals surface area contributed by atoms with E-state index in [1.807, 2.05) is 42.5 Å². The molecule has 1 heterocycles. The molecule has 1 amide bonds. The number of anilines is 1. The predicted molar refractivity (Wildman–Crippen MR) is 92.3 cm³/mol. The van der Waals surface area contributed by atoms with Gasteiger partial charge in [0.05, 0.1) is 4.88 Å². The Labute approximate surface area is 137 Å². The lowest BCUT2D eigenvalue weighted by Gasteiger charge is -2.08. The molecule has 3 rings (SSSR count). The molecule has 23 heavy (non-hydrogen) atoms. The summed E-state index contributed by atoms with van der Waals surface area (Å²) in [6, 6.07) is 14.7. The molecule has 0 radical (unpaired) electrons. The Kier molecular flexibility index (Phi) is 3.93. The number of carbonyl (C=O) groups excluding carboxylic acids is 1. The summed E-state index contributed by atoms with van der Waals surface area (Å²) in [6.45, 7) is 1.68. The van der Waals surface area contributed by atoms with Crippen molar-refractivity contribution in [1.29, 1.82) is 0 Å². The van der Waals surface area contributed by atoms with Gasteiger partial charge in [-0.15, -0.1) is 11.3 Å². The maximum atomic E-state index is 12.5. The van der Waals surface area contributed by atoms with Crippen LogP contribution >= 0.6 is 11.3 Å². The Morgan fingerprint density at radius 2 is 1.83 bits per heavy atom. The topological polar surface area (TPSA) is 89.3 Å². The van der Waals surface area contributed by atoms with E-state index < -0.39 is 10.0 Å². The zero-order chi connectivity index (χ0) is 16.6. The van der Waals surface area contributed by atoms with Gasteiger partial charge in [0.15, 0.2) is 0 Å². The normalized spacial score (nSPS) is 11.6. The molecule has 0 spiro atoms. The van der Waals surface area contributed by atoms with Crippen molar-refractivity contribution in [2.45, 2.75) is 11.1 Å². The second-order valence-electron chi connectivity index (χ2n) is 5.10. The molecule has 0 unspecified atom stereocenters. The summed E-state index contributed by atoms with van der Waals surface area (Å²) in [4.78, 5) is 12.8. The Morgan fingerprint density at radius 1 is 1.13 bits per heavy atom. The first-order valence-corrected chi connectivity index (χ1v) is 9.15. The van der Waals surface area contributed by atoms with E-state index in [0.29, 0.717) is 16.1 Å². The fourth-order valence-corrected chi connectivity index (χ4v) is 4.19. The lowest BCUT2D eigenvalue weighted by atomic mass is 10.1. The van der Waals surface area contributed by atoms with Crippen LogP contribution in [0, 0.1) is 6.92 Å². The lowest BCUT2D eigenvalue weighted by Crippen LogP contribution is -2.12. The SMILES string of the molecule is Cc1cc(S(N)(=O)=O)sc1C(=O)Nc1cccc2ccccc12. The summed E-state index contributed by atoms with van der Waals surface area (Å²) in [7, 11) is -3.81. The van der Waals surface area contributed by atoms with Crippen LogP contribution in [0.5, 0.6) is 0 Å². The van der Waals surface area contributed by atoms with Crippen molar-refractivity contribution in [1.82, 2.24) is 0 Å². The number of nitrogens with two attached hydrogens (primary N) is 1. The number of sulfonamides is 1. The quantitative estimate of drug-likeness (QED) is 0.763. The van der Waals surface area contributed by atoms with E-state index in [2.05, 4.69) is 5.32 Å². The molecule has 0 aliphatic heterocycles. The van der Waals surface area contributed by atoms with Gasteiger partial charge in [-0.05, 0) is 30.0 Å². The maximum Gasteiger partial charge on any atom is 0.266 e.